The molecule has 0 aliphatic carbocycles. The van der Waals surface area contributed by atoms with E-state index in [0.717, 1.165) is 5.56 Å². The van der Waals surface area contributed by atoms with E-state index in [-0.39, 0.29) is 30.1 Å². The highest BCUT2D eigenvalue weighted by Gasteiger charge is 2.40. The number of rotatable bonds is 2. The van der Waals surface area contributed by atoms with E-state index in [4.69, 9.17) is 4.74 Å². The Kier molecular flexibility index (Phi) is 7.46. The molecule has 1 aromatic rings. The molecule has 2 amide bonds. The van der Waals surface area contributed by atoms with Gasteiger partial charge >= 0.3 is 5.97 Å². The molecule has 7 nitrogen and oxygen atoms in total. The molecule has 2 aliphatic heterocycles. The third-order valence-electron chi connectivity index (χ3n) is 6.33. The van der Waals surface area contributed by atoms with Crippen LogP contribution in [0.25, 0.3) is 0 Å². The molecule has 0 aromatic heterocycles. The fraction of sp³-hybridized carbons (Fsp3) is 0.583. The van der Waals surface area contributed by atoms with E-state index in [9.17, 15) is 19.2 Å². The van der Waals surface area contributed by atoms with Crippen molar-refractivity contribution in [2.75, 3.05) is 6.54 Å². The Morgan fingerprint density at radius 3 is 2.42 bits per heavy atom. The highest BCUT2D eigenvalue weighted by atomic mass is 16.5. The molecule has 1 N–H and O–H groups in total. The molecule has 2 aliphatic rings. The van der Waals surface area contributed by atoms with E-state index in [2.05, 4.69) is 5.32 Å². The lowest BCUT2D eigenvalue weighted by atomic mass is 9.90. The van der Waals surface area contributed by atoms with Crippen molar-refractivity contribution in [1.29, 1.82) is 0 Å². The van der Waals surface area contributed by atoms with Crippen molar-refractivity contribution in [3.8, 4) is 0 Å². The minimum absolute atomic E-state index is 0.168. The smallest absolute Gasteiger partial charge is 0.329 e. The highest BCUT2D eigenvalue weighted by Crippen LogP contribution is 2.23. The van der Waals surface area contributed by atoms with Gasteiger partial charge in [0.05, 0.1) is 12.0 Å². The summed E-state index contributed by atoms with van der Waals surface area (Å²) in [5, 5.41) is 2.80. The van der Waals surface area contributed by atoms with Gasteiger partial charge in [-0.25, -0.2) is 4.79 Å². The number of nitrogens with zero attached hydrogens (tertiary/aromatic N) is 1. The van der Waals surface area contributed by atoms with Gasteiger partial charge in [-0.3, -0.25) is 14.4 Å². The van der Waals surface area contributed by atoms with Crippen LogP contribution >= 0.6 is 0 Å². The van der Waals surface area contributed by atoms with E-state index in [1.807, 2.05) is 30.3 Å². The maximum atomic E-state index is 13.4. The van der Waals surface area contributed by atoms with Crippen LogP contribution in [0.4, 0.5) is 0 Å². The molecule has 1 aromatic carbocycles. The number of ketones is 1. The van der Waals surface area contributed by atoms with Crippen molar-refractivity contribution in [3.63, 3.8) is 0 Å². The van der Waals surface area contributed by atoms with Crippen molar-refractivity contribution in [2.24, 2.45) is 11.8 Å². The molecular formula is C24H32N2O5. The summed E-state index contributed by atoms with van der Waals surface area (Å²) in [6, 6.07) is 7.91. The number of carbonyl (C=O) groups excluding carboxylic acids is 4. The van der Waals surface area contributed by atoms with Gasteiger partial charge < -0.3 is 15.0 Å². The molecule has 0 spiro atoms. The van der Waals surface area contributed by atoms with Gasteiger partial charge in [0.2, 0.25) is 11.8 Å². The number of amides is 2. The standard InChI is InChI=1S/C24H32N2O5/c1-15-11-12-16(2)31-24(30)20-10-7-13-26(20)23(29)19(14-18-8-5-4-6-9-18)25-22(28)17(3)21(15)27/h4-6,8-9,15-17,19-20H,7,10-14H2,1-3H3,(H,25,28)/t15-,16-,17-,19?,20?/m1/s1. The molecule has 2 saturated heterocycles. The first-order chi connectivity index (χ1) is 14.8. The Morgan fingerprint density at radius 1 is 1.00 bits per heavy atom. The first kappa shape index (κ1) is 23.0. The lowest BCUT2D eigenvalue weighted by Crippen LogP contribution is -2.54. The van der Waals surface area contributed by atoms with Crippen LogP contribution in [0.3, 0.4) is 0 Å². The summed E-state index contributed by atoms with van der Waals surface area (Å²) in [6.45, 7) is 5.63. The third kappa shape index (κ3) is 5.51. The van der Waals surface area contributed by atoms with Crippen LogP contribution in [0.1, 0.15) is 52.0 Å². The first-order valence-electron chi connectivity index (χ1n) is 11.2. The first-order valence-corrected chi connectivity index (χ1v) is 11.2. The molecule has 2 unspecified atom stereocenters. The van der Waals surface area contributed by atoms with Gasteiger partial charge in [-0.05, 0) is 45.1 Å². The van der Waals surface area contributed by atoms with Crippen LogP contribution in [-0.2, 0) is 30.3 Å². The van der Waals surface area contributed by atoms with E-state index < -0.39 is 29.9 Å². The van der Waals surface area contributed by atoms with Crippen molar-refractivity contribution < 1.29 is 23.9 Å². The van der Waals surface area contributed by atoms with Crippen LogP contribution in [0.5, 0.6) is 0 Å². The minimum Gasteiger partial charge on any atom is -0.461 e. The van der Waals surface area contributed by atoms with Crippen molar-refractivity contribution in [2.45, 2.75) is 71.1 Å². The Balaban J connectivity index is 1.91. The molecule has 7 heteroatoms. The van der Waals surface area contributed by atoms with E-state index >= 15 is 0 Å². The maximum Gasteiger partial charge on any atom is 0.329 e. The number of benzene rings is 1. The second kappa shape index (κ2) is 10.1. The van der Waals surface area contributed by atoms with Crippen LogP contribution in [0.15, 0.2) is 30.3 Å². The predicted molar refractivity (Wildman–Crippen MR) is 115 cm³/mol. The molecule has 168 valence electrons. The number of carbonyl (C=O) groups is 4. The van der Waals surface area contributed by atoms with Gasteiger partial charge in [-0.15, -0.1) is 0 Å². The molecule has 2 fully saturated rings. The molecule has 0 saturated carbocycles. The molecule has 2 heterocycles. The predicted octanol–water partition coefficient (Wildman–Crippen LogP) is 2.27. The van der Waals surface area contributed by atoms with E-state index in [1.54, 1.807) is 20.8 Å². The van der Waals surface area contributed by atoms with Crippen LogP contribution in [-0.4, -0.2) is 53.2 Å². The lowest BCUT2D eigenvalue weighted by molar-refractivity contribution is -0.158. The zero-order valence-electron chi connectivity index (χ0n) is 18.5. The number of esters is 1. The summed E-state index contributed by atoms with van der Waals surface area (Å²) in [6.07, 6.45) is 2.26. The number of fused-ring (bicyclic) bond motifs is 1. The number of ether oxygens (including phenoxy) is 1. The maximum absolute atomic E-state index is 13.4. The SMILES string of the molecule is C[C@H]1C(=O)NC(Cc2ccccc2)C(=O)N2CCCC2C(=O)O[C@H](C)CC[C@@H](C)C1=O. The van der Waals surface area contributed by atoms with Crippen LogP contribution < -0.4 is 5.32 Å². The largest absolute Gasteiger partial charge is 0.461 e. The summed E-state index contributed by atoms with van der Waals surface area (Å²) in [5.41, 5.74) is 0.890. The Hall–Kier alpha value is -2.70. The lowest BCUT2D eigenvalue weighted by Gasteiger charge is -2.30. The molecule has 0 radical (unpaired) electrons. The van der Waals surface area contributed by atoms with Crippen molar-refractivity contribution in [1.82, 2.24) is 10.2 Å². The van der Waals surface area contributed by atoms with Gasteiger partial charge in [0, 0.05) is 18.9 Å². The second-order valence-corrected chi connectivity index (χ2v) is 8.79. The molecule has 5 atom stereocenters. The fourth-order valence-electron chi connectivity index (χ4n) is 4.34. The molecule has 0 bridgehead atoms. The number of Topliss-reactive ketones (excluding diaryl/α,β-unsaturated/α-hetero) is 1. The second-order valence-electron chi connectivity index (χ2n) is 8.79. The zero-order chi connectivity index (χ0) is 22.5. The van der Waals surface area contributed by atoms with Crippen LogP contribution in [0, 0.1) is 11.8 Å². The molecular weight excluding hydrogens is 396 g/mol. The van der Waals surface area contributed by atoms with Gasteiger partial charge in [-0.2, -0.15) is 0 Å². The number of hydrogen-bond donors (Lipinski definition) is 1. The van der Waals surface area contributed by atoms with Crippen molar-refractivity contribution >= 4 is 23.6 Å². The van der Waals surface area contributed by atoms with E-state index in [0.29, 0.717) is 32.2 Å². The Morgan fingerprint density at radius 2 is 1.71 bits per heavy atom. The van der Waals surface area contributed by atoms with Gasteiger partial charge in [0.15, 0.2) is 0 Å². The summed E-state index contributed by atoms with van der Waals surface area (Å²) in [5.74, 6) is -2.53. The topological polar surface area (TPSA) is 92.8 Å². The fourth-order valence-corrected chi connectivity index (χ4v) is 4.34. The highest BCUT2D eigenvalue weighted by molar-refractivity contribution is 6.03. The Bertz CT molecular complexity index is 825. The van der Waals surface area contributed by atoms with Crippen LogP contribution in [0.2, 0.25) is 0 Å². The average Bonchev–Trinajstić information content (AvgIpc) is 3.25. The third-order valence-corrected chi connectivity index (χ3v) is 6.33. The summed E-state index contributed by atoms with van der Waals surface area (Å²) >= 11 is 0. The molecule has 3 rings (SSSR count). The van der Waals surface area contributed by atoms with Gasteiger partial charge in [0.25, 0.3) is 0 Å². The summed E-state index contributed by atoms with van der Waals surface area (Å²) in [7, 11) is 0. The normalized spacial score (nSPS) is 30.9. The minimum atomic E-state index is -0.853. The average molecular weight is 429 g/mol. The monoisotopic (exact) mass is 428 g/mol. The Labute approximate surface area is 183 Å². The zero-order valence-corrected chi connectivity index (χ0v) is 18.5. The van der Waals surface area contributed by atoms with Crippen molar-refractivity contribution in [3.05, 3.63) is 35.9 Å². The molecule has 31 heavy (non-hydrogen) atoms. The number of hydrogen-bond acceptors (Lipinski definition) is 5. The van der Waals surface area contributed by atoms with Gasteiger partial charge in [-0.1, -0.05) is 37.3 Å². The summed E-state index contributed by atoms with van der Waals surface area (Å²) < 4.78 is 5.61. The van der Waals surface area contributed by atoms with E-state index in [1.165, 1.54) is 4.90 Å². The number of cyclic esters (lactones) is 1. The quantitative estimate of drug-likeness (QED) is 0.576. The summed E-state index contributed by atoms with van der Waals surface area (Å²) in [4.78, 5) is 53.4. The van der Waals surface area contributed by atoms with Gasteiger partial charge in [0.1, 0.15) is 17.9 Å². The number of nitrogens with one attached hydrogen (secondary N) is 1.